The Hall–Kier alpha value is 0.253. The van der Waals surface area contributed by atoms with Crippen LogP contribution < -0.4 is 0 Å². The Labute approximate surface area is 85.0 Å². The SMILES string of the molecule is Oc1ccc(CS)cc1.[Zr]. The molecule has 1 N–H and O–H groups in total. The van der Waals surface area contributed by atoms with Gasteiger partial charge in [-0.2, -0.15) is 12.6 Å². The van der Waals surface area contributed by atoms with E-state index in [4.69, 9.17) is 5.11 Å². The van der Waals surface area contributed by atoms with Crippen LogP contribution in [0.4, 0.5) is 0 Å². The van der Waals surface area contributed by atoms with Crippen molar-refractivity contribution in [1.29, 1.82) is 0 Å². The van der Waals surface area contributed by atoms with Gasteiger partial charge in [0.2, 0.25) is 0 Å². The molecule has 1 nitrogen and oxygen atoms in total. The molecule has 10 heavy (non-hydrogen) atoms. The summed E-state index contributed by atoms with van der Waals surface area (Å²) in [7, 11) is 0. The molecule has 0 atom stereocenters. The first-order chi connectivity index (χ1) is 4.33. The molecule has 1 aromatic rings. The second-order valence-electron chi connectivity index (χ2n) is 1.82. The predicted octanol–water partition coefficient (Wildman–Crippen LogP) is 1.82. The average Bonchev–Trinajstić information content (AvgIpc) is 1.90. The standard InChI is InChI=1S/C7H8OS.Zr/c8-7-3-1-6(5-9)2-4-7;/h1-4,8-9H,5H2;. The van der Waals surface area contributed by atoms with E-state index in [0.29, 0.717) is 5.75 Å². The predicted molar refractivity (Wildman–Crippen MR) is 40.8 cm³/mol. The van der Waals surface area contributed by atoms with Crippen molar-refractivity contribution in [3.05, 3.63) is 29.8 Å². The Balaban J connectivity index is 0.000000810. The van der Waals surface area contributed by atoms with Crippen LogP contribution >= 0.6 is 12.6 Å². The molecule has 0 radical (unpaired) electrons. The first kappa shape index (κ1) is 10.3. The molecule has 0 aliphatic rings. The number of benzene rings is 1. The Bertz CT molecular complexity index is 185. The van der Waals surface area contributed by atoms with E-state index in [0.717, 1.165) is 11.3 Å². The van der Waals surface area contributed by atoms with Crippen LogP contribution in [0.15, 0.2) is 24.3 Å². The summed E-state index contributed by atoms with van der Waals surface area (Å²) in [6, 6.07) is 7.02. The monoisotopic (exact) mass is 230 g/mol. The molecule has 0 aromatic heterocycles. The molecule has 1 rings (SSSR count). The van der Waals surface area contributed by atoms with Gasteiger partial charge in [-0.25, -0.2) is 0 Å². The van der Waals surface area contributed by atoms with Crippen LogP contribution in [0.3, 0.4) is 0 Å². The van der Waals surface area contributed by atoms with Gasteiger partial charge in [0.05, 0.1) is 0 Å². The smallest absolute Gasteiger partial charge is 0.115 e. The summed E-state index contributed by atoms with van der Waals surface area (Å²) in [6.07, 6.45) is 0. The van der Waals surface area contributed by atoms with Crippen LogP contribution in [-0.2, 0) is 32.0 Å². The third-order valence-corrected chi connectivity index (χ3v) is 1.48. The summed E-state index contributed by atoms with van der Waals surface area (Å²) in [6.45, 7) is 0. The van der Waals surface area contributed by atoms with Crippen LogP contribution in [0.2, 0.25) is 0 Å². The number of thiol groups is 1. The minimum Gasteiger partial charge on any atom is -0.508 e. The second-order valence-corrected chi connectivity index (χ2v) is 2.14. The Morgan fingerprint density at radius 1 is 1.20 bits per heavy atom. The second kappa shape index (κ2) is 4.98. The molecule has 0 spiro atoms. The van der Waals surface area contributed by atoms with E-state index in [-0.39, 0.29) is 26.2 Å². The molecule has 0 aliphatic heterocycles. The summed E-state index contributed by atoms with van der Waals surface area (Å²) in [5.74, 6) is 1.03. The molecule has 1 aromatic carbocycles. The van der Waals surface area contributed by atoms with Crippen LogP contribution in [0.25, 0.3) is 0 Å². The first-order valence-electron chi connectivity index (χ1n) is 2.71. The molecular weight excluding hydrogens is 223 g/mol. The number of hydrogen-bond acceptors (Lipinski definition) is 2. The molecule has 0 bridgehead atoms. The largest absolute Gasteiger partial charge is 0.508 e. The van der Waals surface area contributed by atoms with Gasteiger partial charge in [0.1, 0.15) is 5.75 Å². The minimum absolute atomic E-state index is 0. The zero-order valence-corrected chi connectivity index (χ0v) is 8.76. The van der Waals surface area contributed by atoms with Gasteiger partial charge in [0, 0.05) is 32.0 Å². The third kappa shape index (κ3) is 2.89. The van der Waals surface area contributed by atoms with E-state index in [2.05, 4.69) is 12.6 Å². The summed E-state index contributed by atoms with van der Waals surface area (Å²) in [4.78, 5) is 0. The van der Waals surface area contributed by atoms with Crippen molar-refractivity contribution < 1.29 is 31.3 Å². The minimum atomic E-state index is 0. The molecule has 0 saturated carbocycles. The number of aromatic hydroxyl groups is 1. The maximum atomic E-state index is 8.83. The number of rotatable bonds is 1. The molecule has 0 unspecified atom stereocenters. The van der Waals surface area contributed by atoms with E-state index >= 15 is 0 Å². The van der Waals surface area contributed by atoms with Gasteiger partial charge in [-0.05, 0) is 17.7 Å². The van der Waals surface area contributed by atoms with E-state index in [9.17, 15) is 0 Å². The van der Waals surface area contributed by atoms with Crippen molar-refractivity contribution in [1.82, 2.24) is 0 Å². The van der Waals surface area contributed by atoms with Crippen LogP contribution in [0.1, 0.15) is 5.56 Å². The normalized spacial score (nSPS) is 8.50. The Morgan fingerprint density at radius 3 is 2.10 bits per heavy atom. The maximum Gasteiger partial charge on any atom is 0.115 e. The van der Waals surface area contributed by atoms with Crippen molar-refractivity contribution in [2.24, 2.45) is 0 Å². The molecular formula is C7H8OSZr. The fourth-order valence-corrected chi connectivity index (χ4v) is 0.812. The van der Waals surface area contributed by atoms with Gasteiger partial charge in [0.15, 0.2) is 0 Å². The Kier molecular flexibility index (Phi) is 5.10. The van der Waals surface area contributed by atoms with Crippen LogP contribution in [0.5, 0.6) is 5.75 Å². The van der Waals surface area contributed by atoms with Crippen molar-refractivity contribution >= 4 is 12.6 Å². The molecule has 0 amide bonds. The van der Waals surface area contributed by atoms with Gasteiger partial charge in [-0.15, -0.1) is 0 Å². The van der Waals surface area contributed by atoms with E-state index in [1.807, 2.05) is 12.1 Å². The number of phenols is 1. The molecule has 0 heterocycles. The molecule has 0 fully saturated rings. The Morgan fingerprint density at radius 2 is 1.70 bits per heavy atom. The summed E-state index contributed by atoms with van der Waals surface area (Å²) in [5, 5.41) is 8.83. The van der Waals surface area contributed by atoms with E-state index in [1.54, 1.807) is 12.1 Å². The molecule has 52 valence electrons. The quantitative estimate of drug-likeness (QED) is 0.707. The summed E-state index contributed by atoms with van der Waals surface area (Å²) < 4.78 is 0. The fraction of sp³-hybridized carbons (Fsp3) is 0.143. The summed E-state index contributed by atoms with van der Waals surface area (Å²) >= 11 is 4.06. The summed E-state index contributed by atoms with van der Waals surface area (Å²) in [5.41, 5.74) is 1.12. The first-order valence-corrected chi connectivity index (χ1v) is 3.35. The zero-order valence-electron chi connectivity index (χ0n) is 5.41. The van der Waals surface area contributed by atoms with Gasteiger partial charge >= 0.3 is 0 Å². The van der Waals surface area contributed by atoms with Crippen LogP contribution in [-0.4, -0.2) is 5.11 Å². The molecule has 0 aliphatic carbocycles. The van der Waals surface area contributed by atoms with Crippen molar-refractivity contribution in [3.8, 4) is 5.75 Å². The van der Waals surface area contributed by atoms with Crippen molar-refractivity contribution in [2.75, 3.05) is 0 Å². The number of phenolic OH excluding ortho intramolecular Hbond substituents is 1. The van der Waals surface area contributed by atoms with E-state index in [1.165, 1.54) is 0 Å². The van der Waals surface area contributed by atoms with Gasteiger partial charge in [-0.3, -0.25) is 0 Å². The molecule has 0 saturated heterocycles. The van der Waals surface area contributed by atoms with Gasteiger partial charge in [0.25, 0.3) is 0 Å². The average molecular weight is 231 g/mol. The third-order valence-electron chi connectivity index (χ3n) is 1.12. The number of hydrogen-bond donors (Lipinski definition) is 2. The van der Waals surface area contributed by atoms with Crippen LogP contribution in [0, 0.1) is 0 Å². The maximum absolute atomic E-state index is 8.83. The van der Waals surface area contributed by atoms with Crippen molar-refractivity contribution in [2.45, 2.75) is 5.75 Å². The molecule has 3 heteroatoms. The fourth-order valence-electron chi connectivity index (χ4n) is 0.601. The topological polar surface area (TPSA) is 20.2 Å². The van der Waals surface area contributed by atoms with E-state index < -0.39 is 0 Å². The van der Waals surface area contributed by atoms with Crippen molar-refractivity contribution in [3.63, 3.8) is 0 Å². The van der Waals surface area contributed by atoms with Gasteiger partial charge in [-0.1, -0.05) is 12.1 Å². The van der Waals surface area contributed by atoms with Gasteiger partial charge < -0.3 is 5.11 Å². The zero-order chi connectivity index (χ0) is 6.69.